The third kappa shape index (κ3) is 1.02. The van der Waals surface area contributed by atoms with Gasteiger partial charge < -0.3 is 0 Å². The van der Waals surface area contributed by atoms with Crippen LogP contribution in [0, 0.1) is 0 Å². The molecule has 1 aliphatic heterocycles. The molecule has 1 aromatic rings. The van der Waals surface area contributed by atoms with E-state index in [4.69, 9.17) is 0 Å². The molecule has 0 atom stereocenters. The Balaban J connectivity index is 2.51. The van der Waals surface area contributed by atoms with Gasteiger partial charge >= 0.3 is 0 Å². The van der Waals surface area contributed by atoms with Gasteiger partial charge in [-0.3, -0.25) is 14.7 Å². The number of aldehydes is 1. The van der Waals surface area contributed by atoms with Gasteiger partial charge in [0.05, 0.1) is 0 Å². The molecule has 0 bridgehead atoms. The summed E-state index contributed by atoms with van der Waals surface area (Å²) in [6.45, 7) is 1.77. The van der Waals surface area contributed by atoms with Crippen LogP contribution in [0.1, 0.15) is 21.5 Å². The van der Waals surface area contributed by atoms with Gasteiger partial charge in [-0.25, -0.2) is 0 Å². The molecule has 0 saturated heterocycles. The summed E-state index contributed by atoms with van der Waals surface area (Å²) in [5.41, 5.74) is 3.06. The molecule has 0 aromatic carbocycles. The van der Waals surface area contributed by atoms with E-state index in [2.05, 4.69) is 9.88 Å². The lowest BCUT2D eigenvalue weighted by molar-refractivity contribution is 0.112. The molecule has 0 spiro atoms. The quantitative estimate of drug-likeness (QED) is 0.574. The second-order valence-corrected chi connectivity index (χ2v) is 3.16. The van der Waals surface area contributed by atoms with Crippen molar-refractivity contribution in [3.63, 3.8) is 0 Å². The number of fused-ring (bicyclic) bond motifs is 1. The van der Waals surface area contributed by atoms with Crippen molar-refractivity contribution >= 4 is 6.29 Å². The van der Waals surface area contributed by atoms with Crippen molar-refractivity contribution in [2.45, 2.75) is 13.1 Å². The number of carbonyl (C=O) groups is 1. The molecular weight excluding hydrogens is 152 g/mol. The van der Waals surface area contributed by atoms with Crippen LogP contribution in [-0.4, -0.2) is 23.2 Å². The maximum atomic E-state index is 10.6. The Labute approximate surface area is 71.0 Å². The van der Waals surface area contributed by atoms with Gasteiger partial charge in [0.1, 0.15) is 0 Å². The second-order valence-electron chi connectivity index (χ2n) is 3.16. The van der Waals surface area contributed by atoms with Crippen molar-refractivity contribution in [1.29, 1.82) is 0 Å². The van der Waals surface area contributed by atoms with Gasteiger partial charge in [0.2, 0.25) is 0 Å². The Hall–Kier alpha value is -1.22. The zero-order valence-electron chi connectivity index (χ0n) is 6.95. The van der Waals surface area contributed by atoms with E-state index in [9.17, 15) is 4.79 Å². The number of pyridine rings is 1. The molecule has 1 aromatic heterocycles. The fourth-order valence-electron chi connectivity index (χ4n) is 1.60. The molecule has 2 rings (SSSR count). The topological polar surface area (TPSA) is 33.2 Å². The van der Waals surface area contributed by atoms with Crippen LogP contribution in [0.4, 0.5) is 0 Å². The summed E-state index contributed by atoms with van der Waals surface area (Å²) < 4.78 is 0. The van der Waals surface area contributed by atoms with E-state index in [1.807, 2.05) is 13.2 Å². The SMILES string of the molecule is CN1Cc2cncc(C=O)c2C1. The highest BCUT2D eigenvalue weighted by molar-refractivity contribution is 5.77. The first-order valence-electron chi connectivity index (χ1n) is 3.90. The van der Waals surface area contributed by atoms with Gasteiger partial charge in [-0.15, -0.1) is 0 Å². The Morgan fingerprint density at radius 3 is 3.08 bits per heavy atom. The van der Waals surface area contributed by atoms with Gasteiger partial charge in [-0.2, -0.15) is 0 Å². The minimum absolute atomic E-state index is 0.733. The third-order valence-electron chi connectivity index (χ3n) is 2.18. The summed E-state index contributed by atoms with van der Waals surface area (Å²) in [6, 6.07) is 0. The molecule has 2 heterocycles. The molecule has 0 amide bonds. The maximum Gasteiger partial charge on any atom is 0.151 e. The van der Waals surface area contributed by atoms with Gasteiger partial charge in [0.25, 0.3) is 0 Å². The minimum Gasteiger partial charge on any atom is -0.298 e. The predicted octanol–water partition coefficient (Wildman–Crippen LogP) is 0.840. The Morgan fingerprint density at radius 2 is 2.33 bits per heavy atom. The van der Waals surface area contributed by atoms with Gasteiger partial charge in [-0.1, -0.05) is 0 Å². The van der Waals surface area contributed by atoms with E-state index in [1.165, 1.54) is 5.56 Å². The maximum absolute atomic E-state index is 10.6. The lowest BCUT2D eigenvalue weighted by Crippen LogP contribution is -2.07. The van der Waals surface area contributed by atoms with E-state index in [-0.39, 0.29) is 0 Å². The molecule has 1 aliphatic rings. The highest BCUT2D eigenvalue weighted by Crippen LogP contribution is 2.22. The fourth-order valence-corrected chi connectivity index (χ4v) is 1.60. The lowest BCUT2D eigenvalue weighted by Gasteiger charge is -2.03. The average Bonchev–Trinajstić information content (AvgIpc) is 2.44. The molecule has 3 heteroatoms. The average molecular weight is 162 g/mol. The third-order valence-corrected chi connectivity index (χ3v) is 2.18. The van der Waals surface area contributed by atoms with Crippen LogP contribution in [0.25, 0.3) is 0 Å². The highest BCUT2D eigenvalue weighted by Gasteiger charge is 2.18. The number of nitrogens with zero attached hydrogens (tertiary/aromatic N) is 2. The standard InChI is InChI=1S/C9H10N2O/c1-11-4-7-2-10-3-8(6-12)9(7)5-11/h2-3,6H,4-5H2,1H3. The van der Waals surface area contributed by atoms with Crippen molar-refractivity contribution in [2.75, 3.05) is 7.05 Å². The number of aromatic nitrogens is 1. The summed E-state index contributed by atoms with van der Waals surface area (Å²) in [5.74, 6) is 0. The van der Waals surface area contributed by atoms with Crippen LogP contribution in [0.3, 0.4) is 0 Å². The minimum atomic E-state index is 0.733. The molecule has 0 N–H and O–H groups in total. The van der Waals surface area contributed by atoms with E-state index < -0.39 is 0 Å². The zero-order valence-corrected chi connectivity index (χ0v) is 6.95. The van der Waals surface area contributed by atoms with E-state index in [1.54, 1.807) is 6.20 Å². The van der Waals surface area contributed by atoms with Crippen LogP contribution in [0.2, 0.25) is 0 Å². The van der Waals surface area contributed by atoms with Crippen LogP contribution in [0.15, 0.2) is 12.4 Å². The molecule has 0 aliphatic carbocycles. The Morgan fingerprint density at radius 1 is 1.50 bits per heavy atom. The Kier molecular flexibility index (Phi) is 1.66. The molecule has 0 fully saturated rings. The zero-order chi connectivity index (χ0) is 8.55. The van der Waals surface area contributed by atoms with Crippen molar-refractivity contribution in [3.8, 4) is 0 Å². The molecule has 0 saturated carbocycles. The van der Waals surface area contributed by atoms with Gasteiger partial charge in [-0.05, 0) is 18.2 Å². The second kappa shape index (κ2) is 2.68. The van der Waals surface area contributed by atoms with Crippen molar-refractivity contribution in [2.24, 2.45) is 0 Å². The van der Waals surface area contributed by atoms with Crippen LogP contribution in [0.5, 0.6) is 0 Å². The summed E-state index contributed by atoms with van der Waals surface area (Å²) in [4.78, 5) is 16.8. The van der Waals surface area contributed by atoms with Crippen molar-refractivity contribution in [1.82, 2.24) is 9.88 Å². The molecule has 12 heavy (non-hydrogen) atoms. The molecular formula is C9H10N2O. The van der Waals surface area contributed by atoms with E-state index in [0.717, 1.165) is 30.5 Å². The highest BCUT2D eigenvalue weighted by atomic mass is 16.1. The van der Waals surface area contributed by atoms with Crippen molar-refractivity contribution < 1.29 is 4.79 Å². The molecule has 0 unspecified atom stereocenters. The smallest absolute Gasteiger partial charge is 0.151 e. The first kappa shape index (κ1) is 7.43. The molecule has 3 nitrogen and oxygen atoms in total. The molecule has 0 radical (unpaired) electrons. The monoisotopic (exact) mass is 162 g/mol. The fraction of sp³-hybridized carbons (Fsp3) is 0.333. The predicted molar refractivity (Wildman–Crippen MR) is 44.8 cm³/mol. The summed E-state index contributed by atoms with van der Waals surface area (Å²) in [6.07, 6.45) is 4.35. The van der Waals surface area contributed by atoms with E-state index in [0.29, 0.717) is 0 Å². The van der Waals surface area contributed by atoms with Gasteiger partial charge in [0.15, 0.2) is 6.29 Å². The van der Waals surface area contributed by atoms with Gasteiger partial charge in [0, 0.05) is 31.0 Å². The normalized spacial score (nSPS) is 16.1. The first-order valence-corrected chi connectivity index (χ1v) is 3.90. The van der Waals surface area contributed by atoms with Crippen molar-refractivity contribution in [3.05, 3.63) is 29.1 Å². The van der Waals surface area contributed by atoms with Crippen LogP contribution >= 0.6 is 0 Å². The van der Waals surface area contributed by atoms with Crippen LogP contribution in [-0.2, 0) is 13.1 Å². The number of hydrogen-bond acceptors (Lipinski definition) is 3. The van der Waals surface area contributed by atoms with E-state index >= 15 is 0 Å². The summed E-state index contributed by atoms with van der Waals surface area (Å²) >= 11 is 0. The Bertz CT molecular complexity index is 322. The first-order chi connectivity index (χ1) is 5.81. The lowest BCUT2D eigenvalue weighted by atomic mass is 10.1. The number of carbonyl (C=O) groups excluding carboxylic acids is 1. The summed E-state index contributed by atoms with van der Waals surface area (Å²) in [7, 11) is 2.04. The number of rotatable bonds is 1. The number of hydrogen-bond donors (Lipinski definition) is 0. The summed E-state index contributed by atoms with van der Waals surface area (Å²) in [5, 5.41) is 0. The molecule has 62 valence electrons. The van der Waals surface area contributed by atoms with Crippen LogP contribution < -0.4 is 0 Å². The largest absolute Gasteiger partial charge is 0.298 e.